The average Bonchev–Trinajstić information content (AvgIpc) is 2.36. The molecule has 0 amide bonds. The highest BCUT2D eigenvalue weighted by Gasteiger charge is 2.05. The lowest BCUT2D eigenvalue weighted by Crippen LogP contribution is -2.28. The molecule has 1 rings (SSSR count). The van der Waals surface area contributed by atoms with Crippen LogP contribution in [-0.4, -0.2) is 36.1 Å². The lowest BCUT2D eigenvalue weighted by molar-refractivity contribution is 0.316. The van der Waals surface area contributed by atoms with Crippen molar-refractivity contribution in [2.75, 3.05) is 31.5 Å². The Balaban J connectivity index is 2.55. The summed E-state index contributed by atoms with van der Waals surface area (Å²) in [5.41, 5.74) is 6.49. The molecular formula is C13H20FN3S. The Morgan fingerprint density at radius 2 is 2.06 bits per heavy atom. The molecule has 0 spiro atoms. The maximum Gasteiger partial charge on any atom is 0.146 e. The van der Waals surface area contributed by atoms with Crippen LogP contribution < -0.4 is 11.1 Å². The van der Waals surface area contributed by atoms with E-state index in [-0.39, 0.29) is 10.8 Å². The standard InChI is InChI=1S/C13H20FN3S/c1-3-17(4-2)8-7-16-12-6-5-10(13(15)18)9-11(12)14/h5-6,9,16H,3-4,7-8H2,1-2H3,(H2,15,18). The minimum absolute atomic E-state index is 0.212. The van der Waals surface area contributed by atoms with E-state index in [1.807, 2.05) is 0 Å². The molecule has 100 valence electrons. The zero-order valence-electron chi connectivity index (χ0n) is 10.9. The van der Waals surface area contributed by atoms with Gasteiger partial charge in [-0.05, 0) is 31.3 Å². The van der Waals surface area contributed by atoms with Gasteiger partial charge < -0.3 is 16.0 Å². The van der Waals surface area contributed by atoms with Crippen molar-refractivity contribution in [1.82, 2.24) is 4.90 Å². The second-order valence-corrected chi connectivity index (χ2v) is 4.45. The first-order chi connectivity index (χ1) is 8.58. The number of benzene rings is 1. The quantitative estimate of drug-likeness (QED) is 0.745. The van der Waals surface area contributed by atoms with E-state index in [0.29, 0.717) is 17.8 Å². The summed E-state index contributed by atoms with van der Waals surface area (Å²) >= 11 is 4.80. The number of anilines is 1. The molecule has 0 heterocycles. The summed E-state index contributed by atoms with van der Waals surface area (Å²) < 4.78 is 13.7. The number of rotatable bonds is 7. The van der Waals surface area contributed by atoms with E-state index in [2.05, 4.69) is 24.1 Å². The van der Waals surface area contributed by atoms with E-state index in [1.165, 1.54) is 6.07 Å². The Bertz CT molecular complexity index is 405. The Hall–Kier alpha value is -1.20. The van der Waals surface area contributed by atoms with Crippen LogP contribution >= 0.6 is 12.2 Å². The van der Waals surface area contributed by atoms with Gasteiger partial charge in [-0.3, -0.25) is 0 Å². The van der Waals surface area contributed by atoms with Gasteiger partial charge in [0.05, 0.1) is 5.69 Å². The van der Waals surface area contributed by atoms with Crippen LogP contribution in [0.15, 0.2) is 18.2 Å². The average molecular weight is 269 g/mol. The zero-order valence-corrected chi connectivity index (χ0v) is 11.7. The van der Waals surface area contributed by atoms with E-state index in [9.17, 15) is 4.39 Å². The lowest BCUT2D eigenvalue weighted by atomic mass is 10.2. The van der Waals surface area contributed by atoms with Crippen LogP contribution in [0, 0.1) is 5.82 Å². The Morgan fingerprint density at radius 1 is 1.39 bits per heavy atom. The SMILES string of the molecule is CCN(CC)CCNc1ccc(C(N)=S)cc1F. The van der Waals surface area contributed by atoms with Crippen LogP contribution in [0.1, 0.15) is 19.4 Å². The molecule has 0 saturated carbocycles. The number of hydrogen-bond acceptors (Lipinski definition) is 3. The molecule has 0 aliphatic carbocycles. The van der Waals surface area contributed by atoms with Gasteiger partial charge in [0, 0.05) is 18.7 Å². The summed E-state index contributed by atoms with van der Waals surface area (Å²) in [5.74, 6) is -0.320. The highest BCUT2D eigenvalue weighted by Crippen LogP contribution is 2.15. The van der Waals surface area contributed by atoms with Crippen molar-refractivity contribution >= 4 is 22.9 Å². The number of halogens is 1. The highest BCUT2D eigenvalue weighted by atomic mass is 32.1. The van der Waals surface area contributed by atoms with Crippen molar-refractivity contribution in [2.24, 2.45) is 5.73 Å². The molecule has 0 unspecified atom stereocenters. The van der Waals surface area contributed by atoms with Gasteiger partial charge in [0.1, 0.15) is 10.8 Å². The predicted molar refractivity (Wildman–Crippen MR) is 78.6 cm³/mol. The van der Waals surface area contributed by atoms with Crippen molar-refractivity contribution in [1.29, 1.82) is 0 Å². The first kappa shape index (κ1) is 14.9. The Labute approximate surface area is 113 Å². The fourth-order valence-electron chi connectivity index (χ4n) is 1.70. The topological polar surface area (TPSA) is 41.3 Å². The fraction of sp³-hybridized carbons (Fsp3) is 0.462. The van der Waals surface area contributed by atoms with Gasteiger partial charge in [-0.2, -0.15) is 0 Å². The normalized spacial score (nSPS) is 10.7. The molecule has 3 N–H and O–H groups in total. The van der Waals surface area contributed by atoms with Gasteiger partial charge in [0.15, 0.2) is 0 Å². The summed E-state index contributed by atoms with van der Waals surface area (Å²) in [7, 11) is 0. The van der Waals surface area contributed by atoms with Gasteiger partial charge in [0.25, 0.3) is 0 Å². The van der Waals surface area contributed by atoms with Gasteiger partial charge in [-0.25, -0.2) is 4.39 Å². The third kappa shape index (κ3) is 4.23. The summed E-state index contributed by atoms with van der Waals surface area (Å²) in [6.07, 6.45) is 0. The van der Waals surface area contributed by atoms with Crippen molar-refractivity contribution in [3.05, 3.63) is 29.6 Å². The van der Waals surface area contributed by atoms with Crippen LogP contribution in [0.3, 0.4) is 0 Å². The number of nitrogens with one attached hydrogen (secondary N) is 1. The largest absolute Gasteiger partial charge is 0.389 e. The molecule has 3 nitrogen and oxygen atoms in total. The van der Waals surface area contributed by atoms with E-state index in [4.69, 9.17) is 18.0 Å². The summed E-state index contributed by atoms with van der Waals surface area (Å²) in [4.78, 5) is 2.48. The number of likely N-dealkylation sites (N-methyl/N-ethyl adjacent to an activating group) is 1. The molecule has 0 bridgehead atoms. The molecular weight excluding hydrogens is 249 g/mol. The molecule has 0 aromatic heterocycles. The smallest absolute Gasteiger partial charge is 0.146 e. The monoisotopic (exact) mass is 269 g/mol. The first-order valence-corrected chi connectivity index (χ1v) is 6.54. The Morgan fingerprint density at radius 3 is 2.56 bits per heavy atom. The Kier molecular flexibility index (Phi) is 6.01. The summed E-state index contributed by atoms with van der Waals surface area (Å²) in [6.45, 7) is 7.83. The molecule has 0 atom stereocenters. The van der Waals surface area contributed by atoms with Gasteiger partial charge in [-0.15, -0.1) is 0 Å². The molecule has 0 saturated heterocycles. The van der Waals surface area contributed by atoms with Crippen LogP contribution in [0.4, 0.5) is 10.1 Å². The second-order valence-electron chi connectivity index (χ2n) is 4.01. The van der Waals surface area contributed by atoms with Crippen molar-refractivity contribution in [2.45, 2.75) is 13.8 Å². The molecule has 0 aliphatic heterocycles. The van der Waals surface area contributed by atoms with E-state index in [0.717, 1.165) is 19.6 Å². The minimum Gasteiger partial charge on any atom is -0.389 e. The van der Waals surface area contributed by atoms with Crippen molar-refractivity contribution in [3.8, 4) is 0 Å². The maximum atomic E-state index is 13.7. The summed E-state index contributed by atoms with van der Waals surface area (Å²) in [5, 5.41) is 3.08. The van der Waals surface area contributed by atoms with E-state index in [1.54, 1.807) is 12.1 Å². The number of thiocarbonyl (C=S) groups is 1. The lowest BCUT2D eigenvalue weighted by Gasteiger charge is -2.18. The zero-order chi connectivity index (χ0) is 13.5. The molecule has 1 aromatic carbocycles. The minimum atomic E-state index is -0.320. The third-order valence-electron chi connectivity index (χ3n) is 2.89. The number of hydrogen-bond donors (Lipinski definition) is 2. The third-order valence-corrected chi connectivity index (χ3v) is 3.13. The molecule has 18 heavy (non-hydrogen) atoms. The fourth-order valence-corrected chi connectivity index (χ4v) is 1.83. The van der Waals surface area contributed by atoms with Crippen LogP contribution in [0.25, 0.3) is 0 Å². The van der Waals surface area contributed by atoms with Crippen molar-refractivity contribution in [3.63, 3.8) is 0 Å². The van der Waals surface area contributed by atoms with Crippen LogP contribution in [-0.2, 0) is 0 Å². The van der Waals surface area contributed by atoms with Crippen molar-refractivity contribution < 1.29 is 4.39 Å². The first-order valence-electron chi connectivity index (χ1n) is 6.14. The van der Waals surface area contributed by atoms with Crippen LogP contribution in [0.5, 0.6) is 0 Å². The number of nitrogens with zero attached hydrogens (tertiary/aromatic N) is 1. The molecule has 0 fully saturated rings. The second kappa shape index (κ2) is 7.28. The van der Waals surface area contributed by atoms with E-state index < -0.39 is 0 Å². The van der Waals surface area contributed by atoms with Crippen LogP contribution in [0.2, 0.25) is 0 Å². The molecule has 5 heteroatoms. The maximum absolute atomic E-state index is 13.7. The van der Waals surface area contributed by atoms with E-state index >= 15 is 0 Å². The van der Waals surface area contributed by atoms with Gasteiger partial charge >= 0.3 is 0 Å². The molecule has 0 aliphatic rings. The molecule has 0 radical (unpaired) electrons. The number of nitrogens with two attached hydrogens (primary N) is 1. The highest BCUT2D eigenvalue weighted by molar-refractivity contribution is 7.80. The van der Waals surface area contributed by atoms with Gasteiger partial charge in [0.2, 0.25) is 0 Å². The van der Waals surface area contributed by atoms with Gasteiger partial charge in [-0.1, -0.05) is 26.1 Å². The molecule has 1 aromatic rings. The predicted octanol–water partition coefficient (Wildman–Crippen LogP) is 2.21. The summed E-state index contributed by atoms with van der Waals surface area (Å²) in [6, 6.07) is 4.76.